The van der Waals surface area contributed by atoms with E-state index in [4.69, 9.17) is 16.9 Å². The van der Waals surface area contributed by atoms with Gasteiger partial charge < -0.3 is 10.6 Å². The van der Waals surface area contributed by atoms with E-state index in [1.165, 1.54) is 12.8 Å². The lowest BCUT2D eigenvalue weighted by Gasteiger charge is -2.07. The zero-order valence-corrected chi connectivity index (χ0v) is 10.6. The van der Waals surface area contributed by atoms with E-state index in [-0.39, 0.29) is 5.91 Å². The molecule has 1 aliphatic carbocycles. The van der Waals surface area contributed by atoms with Crippen LogP contribution in [0.4, 0.5) is 5.69 Å². The molecule has 1 amide bonds. The maximum absolute atomic E-state index is 11.7. The number of nitriles is 1. The summed E-state index contributed by atoms with van der Waals surface area (Å²) in [5, 5.41) is 15.4. The average molecular weight is 264 g/mol. The Morgan fingerprint density at radius 2 is 2.28 bits per heavy atom. The number of rotatable bonds is 5. The zero-order chi connectivity index (χ0) is 13.0. The molecule has 2 N–H and O–H groups in total. The second-order valence-corrected chi connectivity index (χ2v) is 4.76. The molecule has 1 saturated carbocycles. The van der Waals surface area contributed by atoms with Crippen LogP contribution in [0.2, 0.25) is 5.02 Å². The minimum atomic E-state index is -0.109. The minimum absolute atomic E-state index is 0.109. The van der Waals surface area contributed by atoms with E-state index < -0.39 is 0 Å². The molecule has 0 unspecified atom stereocenters. The number of hydrogen-bond acceptors (Lipinski definition) is 3. The van der Waals surface area contributed by atoms with Crippen molar-refractivity contribution in [1.82, 2.24) is 5.32 Å². The third kappa shape index (κ3) is 3.73. The molecular formula is C13H14ClN3O. The van der Waals surface area contributed by atoms with Gasteiger partial charge >= 0.3 is 0 Å². The van der Waals surface area contributed by atoms with Crippen LogP contribution in [0.25, 0.3) is 0 Å². The van der Waals surface area contributed by atoms with E-state index in [1.807, 2.05) is 6.07 Å². The van der Waals surface area contributed by atoms with Gasteiger partial charge in [0.15, 0.2) is 0 Å². The van der Waals surface area contributed by atoms with Gasteiger partial charge in [-0.15, -0.1) is 0 Å². The van der Waals surface area contributed by atoms with Crippen molar-refractivity contribution in [2.24, 2.45) is 0 Å². The highest BCUT2D eigenvalue weighted by atomic mass is 35.5. The first kappa shape index (κ1) is 12.9. The van der Waals surface area contributed by atoms with Crippen molar-refractivity contribution in [2.75, 3.05) is 11.9 Å². The van der Waals surface area contributed by atoms with Gasteiger partial charge in [0.05, 0.1) is 11.3 Å². The lowest BCUT2D eigenvalue weighted by molar-refractivity contribution is -0.116. The largest absolute Gasteiger partial charge is 0.325 e. The van der Waals surface area contributed by atoms with Crippen LogP contribution in [0, 0.1) is 11.3 Å². The van der Waals surface area contributed by atoms with Crippen LogP contribution in [-0.4, -0.2) is 18.5 Å². The zero-order valence-electron chi connectivity index (χ0n) is 9.87. The number of nitrogens with zero attached hydrogens (tertiary/aromatic N) is 1. The van der Waals surface area contributed by atoms with Crippen molar-refractivity contribution in [3.63, 3.8) is 0 Å². The molecule has 0 bridgehead atoms. The van der Waals surface area contributed by atoms with Gasteiger partial charge in [-0.25, -0.2) is 0 Å². The summed E-state index contributed by atoms with van der Waals surface area (Å²) in [5.74, 6) is -0.109. The molecule has 0 aromatic heterocycles. The number of carbonyl (C=O) groups excluding carboxylic acids is 1. The molecule has 0 aliphatic heterocycles. The van der Waals surface area contributed by atoms with Gasteiger partial charge in [0, 0.05) is 24.0 Å². The maximum atomic E-state index is 11.7. The quantitative estimate of drug-likeness (QED) is 0.857. The third-order valence-corrected chi connectivity index (χ3v) is 2.97. The fourth-order valence-corrected chi connectivity index (χ4v) is 1.78. The van der Waals surface area contributed by atoms with E-state index in [0.29, 0.717) is 35.3 Å². The molecule has 0 atom stereocenters. The van der Waals surface area contributed by atoms with Gasteiger partial charge in [-0.3, -0.25) is 4.79 Å². The Kier molecular flexibility index (Phi) is 4.19. The fraction of sp³-hybridized carbons (Fsp3) is 0.385. The van der Waals surface area contributed by atoms with Gasteiger partial charge in [-0.05, 0) is 31.0 Å². The van der Waals surface area contributed by atoms with Crippen LogP contribution in [0.1, 0.15) is 24.8 Å². The molecule has 0 saturated heterocycles. The summed E-state index contributed by atoms with van der Waals surface area (Å²) in [6.45, 7) is 0.666. The van der Waals surface area contributed by atoms with Crippen LogP contribution in [0.15, 0.2) is 18.2 Å². The Hall–Kier alpha value is -1.57. The standard InChI is InChI=1S/C13H14ClN3O/c14-10-2-1-9(8-15)12(7-10)17-13(18)5-6-16-11-3-4-11/h1-2,7,11,16H,3-6H2,(H,17,18). The molecule has 94 valence electrons. The Morgan fingerprint density at radius 1 is 1.50 bits per heavy atom. The molecule has 4 nitrogen and oxygen atoms in total. The topological polar surface area (TPSA) is 64.9 Å². The van der Waals surface area contributed by atoms with Gasteiger partial charge in [0.25, 0.3) is 0 Å². The van der Waals surface area contributed by atoms with Crippen LogP contribution in [-0.2, 0) is 4.79 Å². The summed E-state index contributed by atoms with van der Waals surface area (Å²) in [7, 11) is 0. The van der Waals surface area contributed by atoms with E-state index in [2.05, 4.69) is 10.6 Å². The van der Waals surface area contributed by atoms with Crippen LogP contribution >= 0.6 is 11.6 Å². The monoisotopic (exact) mass is 263 g/mol. The molecule has 5 heteroatoms. The summed E-state index contributed by atoms with van der Waals surface area (Å²) in [6.07, 6.45) is 2.80. The molecule has 18 heavy (non-hydrogen) atoms. The summed E-state index contributed by atoms with van der Waals surface area (Å²) in [6, 6.07) is 7.44. The molecule has 0 heterocycles. The van der Waals surface area contributed by atoms with Gasteiger partial charge in [0.2, 0.25) is 5.91 Å². The predicted octanol–water partition coefficient (Wildman–Crippen LogP) is 2.29. The van der Waals surface area contributed by atoms with Crippen LogP contribution < -0.4 is 10.6 Å². The number of hydrogen-bond donors (Lipinski definition) is 2. The number of anilines is 1. The number of nitrogens with one attached hydrogen (secondary N) is 2. The molecule has 1 aliphatic rings. The average Bonchev–Trinajstić information content (AvgIpc) is 3.13. The number of amides is 1. The first-order chi connectivity index (χ1) is 8.69. The van der Waals surface area contributed by atoms with Crippen molar-refractivity contribution in [3.05, 3.63) is 28.8 Å². The molecule has 2 rings (SSSR count). The molecular weight excluding hydrogens is 250 g/mol. The molecule has 1 aromatic rings. The number of halogens is 1. The summed E-state index contributed by atoms with van der Waals surface area (Å²) < 4.78 is 0. The number of carbonyl (C=O) groups is 1. The van der Waals surface area contributed by atoms with E-state index >= 15 is 0 Å². The second kappa shape index (κ2) is 5.85. The highest BCUT2D eigenvalue weighted by molar-refractivity contribution is 6.31. The summed E-state index contributed by atoms with van der Waals surface area (Å²) in [4.78, 5) is 11.7. The highest BCUT2D eigenvalue weighted by Crippen LogP contribution is 2.21. The Labute approximate surface area is 111 Å². The van der Waals surface area contributed by atoms with Crippen molar-refractivity contribution >= 4 is 23.2 Å². The molecule has 1 aromatic carbocycles. The van der Waals surface area contributed by atoms with Crippen molar-refractivity contribution in [1.29, 1.82) is 5.26 Å². The lowest BCUT2D eigenvalue weighted by Crippen LogP contribution is -2.23. The van der Waals surface area contributed by atoms with E-state index in [9.17, 15) is 4.79 Å². The fourth-order valence-electron chi connectivity index (χ4n) is 1.61. The van der Waals surface area contributed by atoms with Crippen molar-refractivity contribution in [3.8, 4) is 6.07 Å². The van der Waals surface area contributed by atoms with Crippen molar-refractivity contribution in [2.45, 2.75) is 25.3 Å². The first-order valence-electron chi connectivity index (χ1n) is 5.92. The number of benzene rings is 1. The summed E-state index contributed by atoms with van der Waals surface area (Å²) in [5.41, 5.74) is 0.893. The van der Waals surface area contributed by atoms with Crippen LogP contribution in [0.5, 0.6) is 0 Å². The first-order valence-corrected chi connectivity index (χ1v) is 6.29. The highest BCUT2D eigenvalue weighted by Gasteiger charge is 2.20. The van der Waals surface area contributed by atoms with E-state index in [1.54, 1.807) is 18.2 Å². The van der Waals surface area contributed by atoms with Crippen LogP contribution in [0.3, 0.4) is 0 Å². The lowest BCUT2D eigenvalue weighted by atomic mass is 10.2. The Balaban J connectivity index is 1.88. The molecule has 1 fully saturated rings. The summed E-state index contributed by atoms with van der Waals surface area (Å²) >= 11 is 5.84. The van der Waals surface area contributed by atoms with Crippen molar-refractivity contribution < 1.29 is 4.79 Å². The maximum Gasteiger partial charge on any atom is 0.225 e. The smallest absolute Gasteiger partial charge is 0.225 e. The molecule has 0 radical (unpaired) electrons. The molecule has 0 spiro atoms. The predicted molar refractivity (Wildman–Crippen MR) is 70.4 cm³/mol. The minimum Gasteiger partial charge on any atom is -0.325 e. The van der Waals surface area contributed by atoms with Gasteiger partial charge in [0.1, 0.15) is 6.07 Å². The third-order valence-electron chi connectivity index (χ3n) is 2.74. The normalized spacial score (nSPS) is 14.0. The SMILES string of the molecule is N#Cc1ccc(Cl)cc1NC(=O)CCNC1CC1. The van der Waals surface area contributed by atoms with Gasteiger partial charge in [-0.1, -0.05) is 11.6 Å². The van der Waals surface area contributed by atoms with E-state index in [0.717, 1.165) is 0 Å². The Bertz CT molecular complexity index is 491. The van der Waals surface area contributed by atoms with Gasteiger partial charge in [-0.2, -0.15) is 5.26 Å². The Morgan fingerprint density at radius 3 is 2.94 bits per heavy atom. The second-order valence-electron chi connectivity index (χ2n) is 4.33.